The lowest BCUT2D eigenvalue weighted by Crippen LogP contribution is -2.16. The van der Waals surface area contributed by atoms with E-state index in [2.05, 4.69) is 26.5 Å². The monoisotopic (exact) mass is 238 g/mol. The standard InChI is InChI=1S/C9H18N8/c1-16(8-4-3-6-10)14-15-17(2)9-5-7-12-13-11/h3-5,7-9H2,1-2H3. The fourth-order valence-electron chi connectivity index (χ4n) is 1.03. The summed E-state index contributed by atoms with van der Waals surface area (Å²) in [5.74, 6) is 0. The summed E-state index contributed by atoms with van der Waals surface area (Å²) in [5.41, 5.74) is 8.08. The summed E-state index contributed by atoms with van der Waals surface area (Å²) in [7, 11) is 3.62. The average Bonchev–Trinajstić information content (AvgIpc) is 2.32. The number of nitrogens with zero attached hydrogens (tertiary/aromatic N) is 8. The molecule has 94 valence electrons. The van der Waals surface area contributed by atoms with E-state index < -0.39 is 0 Å². The van der Waals surface area contributed by atoms with Crippen LogP contribution in [-0.4, -0.2) is 43.7 Å². The lowest BCUT2D eigenvalue weighted by molar-refractivity contribution is 0.247. The maximum atomic E-state index is 8.37. The fourth-order valence-corrected chi connectivity index (χ4v) is 1.03. The highest BCUT2D eigenvalue weighted by Crippen LogP contribution is 1.95. The van der Waals surface area contributed by atoms with Crippen molar-refractivity contribution in [1.82, 2.24) is 10.0 Å². The minimum atomic E-state index is 0.467. The molecule has 8 nitrogen and oxygen atoms in total. The van der Waals surface area contributed by atoms with Crippen molar-refractivity contribution in [2.24, 2.45) is 15.6 Å². The minimum absolute atomic E-state index is 0.467. The molecule has 0 aromatic heterocycles. The minimum Gasteiger partial charge on any atom is -0.280 e. The highest BCUT2D eigenvalue weighted by molar-refractivity contribution is 4.68. The predicted molar refractivity (Wildman–Crippen MR) is 63.6 cm³/mol. The molecule has 0 fully saturated rings. The molecule has 0 aromatic rings. The SMILES string of the molecule is CN(CCCC#N)N=NN(C)CCCN=[N+]=[N-]. The van der Waals surface area contributed by atoms with E-state index in [-0.39, 0.29) is 0 Å². The summed E-state index contributed by atoms with van der Waals surface area (Å²) in [6.45, 7) is 1.87. The van der Waals surface area contributed by atoms with Crippen LogP contribution in [-0.2, 0) is 0 Å². The number of hydrogen-bond donors (Lipinski definition) is 0. The Morgan fingerprint density at radius 3 is 2.29 bits per heavy atom. The van der Waals surface area contributed by atoms with Crippen LogP contribution in [0.2, 0.25) is 0 Å². The number of azide groups is 1. The second-order valence-corrected chi connectivity index (χ2v) is 3.51. The first-order chi connectivity index (χ1) is 8.20. The van der Waals surface area contributed by atoms with Gasteiger partial charge in [-0.05, 0) is 18.4 Å². The maximum Gasteiger partial charge on any atom is 0.0622 e. The molecule has 0 aliphatic rings. The van der Waals surface area contributed by atoms with Gasteiger partial charge in [-0.1, -0.05) is 15.6 Å². The zero-order valence-corrected chi connectivity index (χ0v) is 10.3. The molecule has 0 atom stereocenters. The molecule has 0 spiro atoms. The Morgan fingerprint density at radius 1 is 1.18 bits per heavy atom. The van der Waals surface area contributed by atoms with Gasteiger partial charge in [0.1, 0.15) is 0 Å². The number of hydrogen-bond acceptors (Lipinski definition) is 4. The van der Waals surface area contributed by atoms with Gasteiger partial charge in [-0.15, -0.1) is 0 Å². The molecule has 0 radical (unpaired) electrons. The second kappa shape index (κ2) is 10.5. The molecule has 0 aromatic carbocycles. The summed E-state index contributed by atoms with van der Waals surface area (Å²) >= 11 is 0. The van der Waals surface area contributed by atoms with Crippen LogP contribution in [0, 0.1) is 11.3 Å². The van der Waals surface area contributed by atoms with Gasteiger partial charge in [0.05, 0.1) is 6.07 Å². The number of nitriles is 1. The third kappa shape index (κ3) is 10.3. The molecular formula is C9H18N8. The molecule has 0 amide bonds. The van der Waals surface area contributed by atoms with Crippen LogP contribution in [0.3, 0.4) is 0 Å². The normalized spacial score (nSPS) is 9.71. The first kappa shape index (κ1) is 15.0. The number of unbranched alkanes of at least 4 members (excludes halogenated alkanes) is 1. The van der Waals surface area contributed by atoms with Crippen molar-refractivity contribution in [3.63, 3.8) is 0 Å². The number of rotatable bonds is 9. The van der Waals surface area contributed by atoms with Crippen molar-refractivity contribution >= 4 is 0 Å². The van der Waals surface area contributed by atoms with E-state index in [1.165, 1.54) is 0 Å². The van der Waals surface area contributed by atoms with Gasteiger partial charge in [0.15, 0.2) is 0 Å². The summed E-state index contributed by atoms with van der Waals surface area (Å²) in [5, 5.41) is 23.1. The van der Waals surface area contributed by atoms with Gasteiger partial charge in [0.2, 0.25) is 0 Å². The Bertz CT molecular complexity index is 301. The Kier molecular flexibility index (Phi) is 9.28. The van der Waals surface area contributed by atoms with E-state index in [9.17, 15) is 0 Å². The molecule has 0 saturated heterocycles. The molecule has 0 heterocycles. The highest BCUT2D eigenvalue weighted by Gasteiger charge is 1.95. The van der Waals surface area contributed by atoms with Gasteiger partial charge in [-0.2, -0.15) is 5.26 Å². The van der Waals surface area contributed by atoms with Crippen molar-refractivity contribution in [2.75, 3.05) is 33.7 Å². The molecule has 0 unspecified atom stereocenters. The summed E-state index contributed by atoms with van der Waals surface area (Å²) in [6.07, 6.45) is 2.06. The Balaban J connectivity index is 3.66. The van der Waals surface area contributed by atoms with E-state index in [4.69, 9.17) is 10.8 Å². The van der Waals surface area contributed by atoms with Crippen LogP contribution in [0.5, 0.6) is 0 Å². The summed E-state index contributed by atoms with van der Waals surface area (Å²) < 4.78 is 0. The predicted octanol–water partition coefficient (Wildman–Crippen LogP) is 2.14. The molecule has 0 aliphatic heterocycles. The summed E-state index contributed by atoms with van der Waals surface area (Å²) in [6, 6.07) is 2.08. The maximum absolute atomic E-state index is 8.37. The first-order valence-corrected chi connectivity index (χ1v) is 5.42. The van der Waals surface area contributed by atoms with Crippen molar-refractivity contribution in [3.8, 4) is 6.07 Å². The van der Waals surface area contributed by atoms with Crippen molar-refractivity contribution < 1.29 is 0 Å². The zero-order valence-electron chi connectivity index (χ0n) is 10.3. The first-order valence-electron chi connectivity index (χ1n) is 5.42. The average molecular weight is 238 g/mol. The van der Waals surface area contributed by atoms with Gasteiger partial charge in [0, 0.05) is 45.1 Å². The quantitative estimate of drug-likeness (QED) is 0.202. The van der Waals surface area contributed by atoms with Gasteiger partial charge < -0.3 is 0 Å². The Morgan fingerprint density at radius 2 is 1.76 bits per heavy atom. The van der Waals surface area contributed by atoms with Crippen molar-refractivity contribution in [1.29, 1.82) is 5.26 Å². The van der Waals surface area contributed by atoms with Crippen molar-refractivity contribution in [2.45, 2.75) is 19.3 Å². The lowest BCUT2D eigenvalue weighted by Gasteiger charge is -2.13. The third-order valence-electron chi connectivity index (χ3n) is 1.92. The van der Waals surface area contributed by atoms with Gasteiger partial charge in [0.25, 0.3) is 0 Å². The lowest BCUT2D eigenvalue weighted by atomic mass is 10.3. The molecule has 0 aliphatic carbocycles. The molecule has 0 saturated carbocycles. The largest absolute Gasteiger partial charge is 0.280 e. The van der Waals surface area contributed by atoms with Crippen molar-refractivity contribution in [3.05, 3.63) is 10.4 Å². The van der Waals surface area contributed by atoms with Gasteiger partial charge in [-0.3, -0.25) is 10.0 Å². The molecule has 17 heavy (non-hydrogen) atoms. The van der Waals surface area contributed by atoms with Gasteiger partial charge >= 0.3 is 0 Å². The molecule has 0 N–H and O–H groups in total. The smallest absolute Gasteiger partial charge is 0.0622 e. The fraction of sp³-hybridized carbons (Fsp3) is 0.889. The van der Waals surface area contributed by atoms with Crippen LogP contribution in [0.4, 0.5) is 0 Å². The van der Waals surface area contributed by atoms with E-state index in [1.54, 1.807) is 10.0 Å². The van der Waals surface area contributed by atoms with Gasteiger partial charge in [-0.25, -0.2) is 0 Å². The van der Waals surface area contributed by atoms with Crippen LogP contribution in [0.25, 0.3) is 10.4 Å². The summed E-state index contributed by atoms with van der Waals surface area (Å²) in [4.78, 5) is 2.67. The molecular weight excluding hydrogens is 220 g/mol. The third-order valence-corrected chi connectivity index (χ3v) is 1.92. The van der Waals surface area contributed by atoms with E-state index in [1.807, 2.05) is 14.1 Å². The Labute approximate surface area is 101 Å². The topological polar surface area (TPSA) is 104 Å². The van der Waals surface area contributed by atoms with Crippen LogP contribution in [0.15, 0.2) is 15.6 Å². The molecule has 8 heteroatoms. The van der Waals surface area contributed by atoms with E-state index in [0.717, 1.165) is 12.8 Å². The molecule has 0 rings (SSSR count). The van der Waals surface area contributed by atoms with Crippen LogP contribution >= 0.6 is 0 Å². The van der Waals surface area contributed by atoms with Crippen LogP contribution in [0.1, 0.15) is 19.3 Å². The van der Waals surface area contributed by atoms with E-state index >= 15 is 0 Å². The highest BCUT2D eigenvalue weighted by atomic mass is 15.7. The molecule has 0 bridgehead atoms. The Hall–Kier alpha value is -2.00. The van der Waals surface area contributed by atoms with Crippen LogP contribution < -0.4 is 0 Å². The van der Waals surface area contributed by atoms with E-state index in [0.29, 0.717) is 26.1 Å². The zero-order chi connectivity index (χ0) is 12.9. The second-order valence-electron chi connectivity index (χ2n) is 3.51.